The highest BCUT2D eigenvalue weighted by molar-refractivity contribution is 5.93. The zero-order valence-electron chi connectivity index (χ0n) is 12.9. The minimum atomic E-state index is -0.0211. The largest absolute Gasteiger partial charge is 0.328 e. The highest BCUT2D eigenvalue weighted by Crippen LogP contribution is 2.41. The van der Waals surface area contributed by atoms with Crippen LogP contribution in [0.5, 0.6) is 0 Å². The quantitative estimate of drug-likeness (QED) is 0.851. The Hall–Kier alpha value is -2.24. The van der Waals surface area contributed by atoms with Gasteiger partial charge in [0.25, 0.3) is 5.91 Å². The molecule has 4 rings (SSSR count). The number of pyridine rings is 1. The molecular formula is C16H19N5O. The molecule has 6 nitrogen and oxygen atoms in total. The van der Waals surface area contributed by atoms with E-state index in [0.717, 1.165) is 17.2 Å². The second-order valence-corrected chi connectivity index (χ2v) is 6.32. The predicted molar refractivity (Wildman–Crippen MR) is 80.4 cm³/mol. The number of nitrogens with zero attached hydrogens (tertiary/aromatic N) is 5. The van der Waals surface area contributed by atoms with Gasteiger partial charge in [-0.2, -0.15) is 0 Å². The molecule has 114 valence electrons. The summed E-state index contributed by atoms with van der Waals surface area (Å²) in [5.41, 5.74) is 1.44. The summed E-state index contributed by atoms with van der Waals surface area (Å²) in [5.74, 6) is 2.54. The van der Waals surface area contributed by atoms with Gasteiger partial charge < -0.3 is 9.47 Å². The first kappa shape index (κ1) is 13.4. The average molecular weight is 297 g/mol. The summed E-state index contributed by atoms with van der Waals surface area (Å²) in [6.07, 6.45) is 4.09. The third-order valence-electron chi connectivity index (χ3n) is 4.49. The monoisotopic (exact) mass is 297 g/mol. The Morgan fingerprint density at radius 1 is 1.32 bits per heavy atom. The van der Waals surface area contributed by atoms with Crippen LogP contribution >= 0.6 is 0 Å². The van der Waals surface area contributed by atoms with E-state index in [1.165, 1.54) is 12.8 Å². The minimum absolute atomic E-state index is 0.0211. The maximum atomic E-state index is 12.7. The maximum Gasteiger partial charge on any atom is 0.273 e. The van der Waals surface area contributed by atoms with Gasteiger partial charge in [0.2, 0.25) is 0 Å². The molecule has 2 aliphatic rings. The molecule has 0 aromatic carbocycles. The molecule has 1 aliphatic heterocycles. The fraction of sp³-hybridized carbons (Fsp3) is 0.500. The van der Waals surface area contributed by atoms with Crippen molar-refractivity contribution in [2.24, 2.45) is 0 Å². The van der Waals surface area contributed by atoms with Crippen molar-refractivity contribution in [3.63, 3.8) is 0 Å². The number of carbonyl (C=O) groups excluding carboxylic acids is 1. The molecule has 0 radical (unpaired) electrons. The molecule has 1 atom stereocenters. The second kappa shape index (κ2) is 4.90. The van der Waals surface area contributed by atoms with Crippen molar-refractivity contribution in [2.75, 3.05) is 6.54 Å². The minimum Gasteiger partial charge on any atom is -0.328 e. The SMILES string of the molecule is Cc1cccnc1C(=O)N1Cc2nnc(C3CC3)n2[C@@H](C)C1. The summed E-state index contributed by atoms with van der Waals surface area (Å²) < 4.78 is 2.23. The van der Waals surface area contributed by atoms with Crippen molar-refractivity contribution < 1.29 is 4.79 Å². The Kier molecular flexibility index (Phi) is 2.99. The van der Waals surface area contributed by atoms with Gasteiger partial charge in [-0.15, -0.1) is 10.2 Å². The number of aromatic nitrogens is 4. The van der Waals surface area contributed by atoms with Crippen LogP contribution in [0.1, 0.15) is 59.4 Å². The van der Waals surface area contributed by atoms with Gasteiger partial charge in [0, 0.05) is 18.7 Å². The van der Waals surface area contributed by atoms with Crippen LogP contribution in [0.3, 0.4) is 0 Å². The van der Waals surface area contributed by atoms with Crippen molar-refractivity contribution in [1.82, 2.24) is 24.6 Å². The molecule has 0 saturated heterocycles. The molecule has 1 amide bonds. The summed E-state index contributed by atoms with van der Waals surface area (Å²) >= 11 is 0. The van der Waals surface area contributed by atoms with Crippen LogP contribution in [-0.4, -0.2) is 37.1 Å². The molecule has 1 saturated carbocycles. The van der Waals surface area contributed by atoms with Gasteiger partial charge in [0.05, 0.1) is 12.6 Å². The third kappa shape index (κ3) is 2.10. The first-order valence-corrected chi connectivity index (χ1v) is 7.79. The highest BCUT2D eigenvalue weighted by atomic mass is 16.2. The highest BCUT2D eigenvalue weighted by Gasteiger charge is 2.36. The molecule has 1 fully saturated rings. The molecule has 2 aromatic heterocycles. The molecule has 1 aliphatic carbocycles. The Morgan fingerprint density at radius 3 is 2.86 bits per heavy atom. The summed E-state index contributed by atoms with van der Waals surface area (Å²) in [7, 11) is 0. The van der Waals surface area contributed by atoms with Gasteiger partial charge in [-0.1, -0.05) is 6.07 Å². The van der Waals surface area contributed by atoms with E-state index in [0.29, 0.717) is 24.7 Å². The summed E-state index contributed by atoms with van der Waals surface area (Å²) in [4.78, 5) is 18.8. The first-order chi connectivity index (χ1) is 10.6. The molecule has 0 spiro atoms. The van der Waals surface area contributed by atoms with Gasteiger partial charge in [-0.3, -0.25) is 9.78 Å². The molecule has 6 heteroatoms. The number of hydrogen-bond donors (Lipinski definition) is 0. The van der Waals surface area contributed by atoms with E-state index in [4.69, 9.17) is 0 Å². The normalized spacial score (nSPS) is 20.8. The van der Waals surface area contributed by atoms with E-state index in [1.54, 1.807) is 6.20 Å². The molecule has 0 unspecified atom stereocenters. The number of fused-ring (bicyclic) bond motifs is 1. The molecule has 0 N–H and O–H groups in total. The van der Waals surface area contributed by atoms with Crippen LogP contribution in [0.2, 0.25) is 0 Å². The van der Waals surface area contributed by atoms with Crippen LogP contribution in [0, 0.1) is 6.92 Å². The molecule has 0 bridgehead atoms. The van der Waals surface area contributed by atoms with E-state index in [-0.39, 0.29) is 11.9 Å². The van der Waals surface area contributed by atoms with Crippen LogP contribution < -0.4 is 0 Å². The van der Waals surface area contributed by atoms with E-state index >= 15 is 0 Å². The Bertz CT molecular complexity index is 734. The lowest BCUT2D eigenvalue weighted by Gasteiger charge is -2.32. The number of rotatable bonds is 2. The summed E-state index contributed by atoms with van der Waals surface area (Å²) in [5, 5.41) is 8.67. The smallest absolute Gasteiger partial charge is 0.273 e. The number of hydrogen-bond acceptors (Lipinski definition) is 4. The number of amides is 1. The van der Waals surface area contributed by atoms with E-state index in [2.05, 4.69) is 26.7 Å². The fourth-order valence-corrected chi connectivity index (χ4v) is 3.20. The Morgan fingerprint density at radius 2 is 2.14 bits per heavy atom. The first-order valence-electron chi connectivity index (χ1n) is 7.79. The number of aryl methyl sites for hydroxylation is 1. The lowest BCUT2D eigenvalue weighted by molar-refractivity contribution is 0.0673. The van der Waals surface area contributed by atoms with Gasteiger partial charge in [-0.25, -0.2) is 0 Å². The lowest BCUT2D eigenvalue weighted by atomic mass is 10.1. The summed E-state index contributed by atoms with van der Waals surface area (Å²) in [6, 6.07) is 3.98. The maximum absolute atomic E-state index is 12.7. The average Bonchev–Trinajstić information content (AvgIpc) is 3.26. The van der Waals surface area contributed by atoms with E-state index in [1.807, 2.05) is 24.0 Å². The Balaban J connectivity index is 1.63. The topological polar surface area (TPSA) is 63.9 Å². The van der Waals surface area contributed by atoms with Gasteiger partial charge in [0.15, 0.2) is 5.82 Å². The fourth-order valence-electron chi connectivity index (χ4n) is 3.20. The van der Waals surface area contributed by atoms with Gasteiger partial charge >= 0.3 is 0 Å². The van der Waals surface area contributed by atoms with Crippen molar-refractivity contribution in [3.05, 3.63) is 41.2 Å². The van der Waals surface area contributed by atoms with Crippen molar-refractivity contribution in [3.8, 4) is 0 Å². The van der Waals surface area contributed by atoms with Crippen molar-refractivity contribution in [1.29, 1.82) is 0 Å². The second-order valence-electron chi connectivity index (χ2n) is 6.32. The van der Waals surface area contributed by atoms with E-state index < -0.39 is 0 Å². The van der Waals surface area contributed by atoms with Crippen molar-refractivity contribution >= 4 is 5.91 Å². The molecule has 22 heavy (non-hydrogen) atoms. The zero-order valence-corrected chi connectivity index (χ0v) is 12.9. The van der Waals surface area contributed by atoms with Gasteiger partial charge in [-0.05, 0) is 38.3 Å². The van der Waals surface area contributed by atoms with E-state index in [9.17, 15) is 4.79 Å². The number of carbonyl (C=O) groups is 1. The van der Waals surface area contributed by atoms with Crippen LogP contribution in [-0.2, 0) is 6.54 Å². The van der Waals surface area contributed by atoms with Crippen LogP contribution in [0.25, 0.3) is 0 Å². The molecule has 2 aromatic rings. The summed E-state index contributed by atoms with van der Waals surface area (Å²) in [6.45, 7) is 5.24. The zero-order chi connectivity index (χ0) is 15.3. The lowest BCUT2D eigenvalue weighted by Crippen LogP contribution is -2.41. The van der Waals surface area contributed by atoms with Crippen LogP contribution in [0.4, 0.5) is 0 Å². The van der Waals surface area contributed by atoms with Crippen LogP contribution in [0.15, 0.2) is 18.3 Å². The predicted octanol–water partition coefficient (Wildman–Crippen LogP) is 2.08. The third-order valence-corrected chi connectivity index (χ3v) is 4.49. The molecular weight excluding hydrogens is 278 g/mol. The molecule has 3 heterocycles. The standard InChI is InChI=1S/C16H19N5O/c1-10-4-3-7-17-14(10)16(22)20-8-11(2)21-13(9-20)18-19-15(21)12-5-6-12/h3-4,7,11-12H,5-6,8-9H2,1-2H3/t11-/m0/s1. The van der Waals surface area contributed by atoms with Gasteiger partial charge in [0.1, 0.15) is 11.5 Å². The Labute approximate surface area is 129 Å². The van der Waals surface area contributed by atoms with Crippen molar-refractivity contribution in [2.45, 2.75) is 45.2 Å².